The first kappa shape index (κ1) is 17.9. The van der Waals surface area contributed by atoms with Crippen LogP contribution in [0.5, 0.6) is 5.75 Å². The lowest BCUT2D eigenvalue weighted by Gasteiger charge is -2.04. The van der Waals surface area contributed by atoms with E-state index in [1.807, 2.05) is 0 Å². The second-order valence-corrected chi connectivity index (χ2v) is 5.03. The van der Waals surface area contributed by atoms with E-state index in [0.29, 0.717) is 11.1 Å². The predicted octanol–water partition coefficient (Wildman–Crippen LogP) is 2.12. The standard InChI is InChI=1S/C16H15N3O6/c1-3-25-16(22)11-8-17-14(18-15(11)21)9(2)6-10-4-5-12(19(23)24)13(20)7-10/h4-8,20H,3H2,1-2H3,(H,17,18,21)/b9-6+. The van der Waals surface area contributed by atoms with Crippen LogP contribution in [-0.4, -0.2) is 32.6 Å². The Morgan fingerprint density at radius 1 is 1.48 bits per heavy atom. The van der Waals surface area contributed by atoms with Crippen LogP contribution in [0.4, 0.5) is 5.69 Å². The predicted molar refractivity (Wildman–Crippen MR) is 89.1 cm³/mol. The number of phenols is 1. The van der Waals surface area contributed by atoms with Crippen molar-refractivity contribution < 1.29 is 19.6 Å². The van der Waals surface area contributed by atoms with E-state index in [-0.39, 0.29) is 18.0 Å². The Morgan fingerprint density at radius 3 is 2.76 bits per heavy atom. The molecule has 0 atom stereocenters. The van der Waals surface area contributed by atoms with E-state index in [1.165, 1.54) is 18.2 Å². The number of benzene rings is 1. The molecule has 130 valence electrons. The third-order valence-electron chi connectivity index (χ3n) is 3.25. The summed E-state index contributed by atoms with van der Waals surface area (Å²) >= 11 is 0. The van der Waals surface area contributed by atoms with Gasteiger partial charge in [-0.15, -0.1) is 0 Å². The number of aromatic hydroxyl groups is 1. The maximum Gasteiger partial charge on any atom is 0.345 e. The van der Waals surface area contributed by atoms with Crippen molar-refractivity contribution in [3.8, 4) is 5.75 Å². The van der Waals surface area contributed by atoms with Gasteiger partial charge in [-0.25, -0.2) is 9.78 Å². The Kier molecular flexibility index (Phi) is 5.28. The molecule has 1 aromatic heterocycles. The normalized spacial score (nSPS) is 11.2. The summed E-state index contributed by atoms with van der Waals surface area (Å²) in [6.45, 7) is 3.42. The number of aromatic amines is 1. The smallest absolute Gasteiger partial charge is 0.345 e. The van der Waals surface area contributed by atoms with Crippen LogP contribution in [0.3, 0.4) is 0 Å². The van der Waals surface area contributed by atoms with Crippen molar-refractivity contribution in [1.82, 2.24) is 9.97 Å². The van der Waals surface area contributed by atoms with Gasteiger partial charge < -0.3 is 14.8 Å². The maximum atomic E-state index is 11.9. The van der Waals surface area contributed by atoms with Crippen LogP contribution < -0.4 is 5.56 Å². The van der Waals surface area contributed by atoms with E-state index < -0.39 is 27.9 Å². The number of nitro groups is 1. The highest BCUT2D eigenvalue weighted by Crippen LogP contribution is 2.27. The second kappa shape index (κ2) is 7.39. The van der Waals surface area contributed by atoms with E-state index in [2.05, 4.69) is 9.97 Å². The molecule has 2 rings (SSSR count). The first-order valence-corrected chi connectivity index (χ1v) is 7.26. The van der Waals surface area contributed by atoms with Gasteiger partial charge >= 0.3 is 11.7 Å². The summed E-state index contributed by atoms with van der Waals surface area (Å²) in [5.41, 5.74) is -0.229. The molecule has 0 aliphatic carbocycles. The molecule has 0 aliphatic heterocycles. The van der Waals surface area contributed by atoms with Gasteiger partial charge in [0.1, 0.15) is 11.4 Å². The van der Waals surface area contributed by atoms with Crippen LogP contribution in [0.2, 0.25) is 0 Å². The van der Waals surface area contributed by atoms with Crippen molar-refractivity contribution in [2.24, 2.45) is 0 Å². The first-order chi connectivity index (χ1) is 11.8. The van der Waals surface area contributed by atoms with Crippen LogP contribution in [0.1, 0.15) is 35.6 Å². The van der Waals surface area contributed by atoms with E-state index in [9.17, 15) is 24.8 Å². The molecule has 0 saturated heterocycles. The number of nitro benzene ring substituents is 1. The summed E-state index contributed by atoms with van der Waals surface area (Å²) in [7, 11) is 0. The average Bonchev–Trinajstić information content (AvgIpc) is 2.54. The number of aromatic nitrogens is 2. The van der Waals surface area contributed by atoms with E-state index in [0.717, 1.165) is 6.20 Å². The molecular formula is C16H15N3O6. The van der Waals surface area contributed by atoms with Gasteiger partial charge in [-0.1, -0.05) is 0 Å². The number of hydrogen-bond acceptors (Lipinski definition) is 7. The lowest BCUT2D eigenvalue weighted by molar-refractivity contribution is -0.385. The molecule has 9 nitrogen and oxygen atoms in total. The molecule has 0 aliphatic rings. The minimum atomic E-state index is -0.760. The minimum absolute atomic E-state index is 0.141. The van der Waals surface area contributed by atoms with Crippen LogP contribution in [0, 0.1) is 10.1 Å². The fourth-order valence-corrected chi connectivity index (χ4v) is 2.05. The van der Waals surface area contributed by atoms with Crippen molar-refractivity contribution in [3.63, 3.8) is 0 Å². The van der Waals surface area contributed by atoms with Crippen LogP contribution in [-0.2, 0) is 4.74 Å². The number of carbonyl (C=O) groups excluding carboxylic acids is 1. The highest BCUT2D eigenvalue weighted by atomic mass is 16.6. The Bertz CT molecular complexity index is 916. The monoisotopic (exact) mass is 345 g/mol. The fourth-order valence-electron chi connectivity index (χ4n) is 2.05. The number of esters is 1. The Hall–Kier alpha value is -3.49. The topological polar surface area (TPSA) is 135 Å². The van der Waals surface area contributed by atoms with Crippen LogP contribution in [0.25, 0.3) is 11.6 Å². The van der Waals surface area contributed by atoms with E-state index in [4.69, 9.17) is 4.74 Å². The first-order valence-electron chi connectivity index (χ1n) is 7.26. The molecule has 0 saturated carbocycles. The lowest BCUT2D eigenvalue weighted by atomic mass is 10.1. The number of hydrogen-bond donors (Lipinski definition) is 2. The Balaban J connectivity index is 2.33. The van der Waals surface area contributed by atoms with Gasteiger partial charge in [-0.05, 0) is 43.2 Å². The third-order valence-corrected chi connectivity index (χ3v) is 3.25. The Labute approximate surface area is 141 Å². The summed E-state index contributed by atoms with van der Waals surface area (Å²) in [6.07, 6.45) is 2.70. The molecule has 0 unspecified atom stereocenters. The van der Waals surface area contributed by atoms with Gasteiger partial charge in [0.15, 0.2) is 5.75 Å². The quantitative estimate of drug-likeness (QED) is 0.481. The fraction of sp³-hybridized carbons (Fsp3) is 0.188. The minimum Gasteiger partial charge on any atom is -0.502 e. The van der Waals surface area contributed by atoms with Crippen molar-refractivity contribution in [2.75, 3.05) is 6.61 Å². The molecule has 25 heavy (non-hydrogen) atoms. The van der Waals surface area contributed by atoms with Crippen molar-refractivity contribution in [3.05, 3.63) is 61.8 Å². The zero-order valence-electron chi connectivity index (χ0n) is 13.5. The molecular weight excluding hydrogens is 330 g/mol. The highest BCUT2D eigenvalue weighted by molar-refractivity contribution is 5.88. The summed E-state index contributed by atoms with van der Waals surface area (Å²) in [5.74, 6) is -1.01. The molecule has 1 aromatic carbocycles. The Morgan fingerprint density at radius 2 is 2.20 bits per heavy atom. The lowest BCUT2D eigenvalue weighted by Crippen LogP contribution is -2.21. The van der Waals surface area contributed by atoms with Gasteiger partial charge in [-0.3, -0.25) is 14.9 Å². The SMILES string of the molecule is CCOC(=O)c1cnc(/C(C)=C/c2ccc([N+](=O)[O-])c(O)c2)[nH]c1=O. The highest BCUT2D eigenvalue weighted by Gasteiger charge is 2.14. The molecule has 0 spiro atoms. The molecule has 1 heterocycles. The van der Waals surface area contributed by atoms with Crippen LogP contribution >= 0.6 is 0 Å². The largest absolute Gasteiger partial charge is 0.502 e. The van der Waals surface area contributed by atoms with Gasteiger partial charge in [0.25, 0.3) is 5.56 Å². The van der Waals surface area contributed by atoms with E-state index in [1.54, 1.807) is 19.9 Å². The number of nitrogens with zero attached hydrogens (tertiary/aromatic N) is 2. The zero-order chi connectivity index (χ0) is 18.6. The van der Waals surface area contributed by atoms with Crippen molar-refractivity contribution in [2.45, 2.75) is 13.8 Å². The summed E-state index contributed by atoms with van der Waals surface area (Å²) < 4.78 is 4.75. The molecule has 0 amide bonds. The molecule has 2 N–H and O–H groups in total. The number of allylic oxidation sites excluding steroid dienone is 1. The van der Waals surface area contributed by atoms with Gasteiger partial charge in [-0.2, -0.15) is 0 Å². The van der Waals surface area contributed by atoms with Gasteiger partial charge in [0, 0.05) is 12.3 Å². The summed E-state index contributed by atoms with van der Waals surface area (Å²) in [4.78, 5) is 40.0. The number of carbonyl (C=O) groups is 1. The second-order valence-electron chi connectivity index (χ2n) is 5.03. The summed E-state index contributed by atoms with van der Waals surface area (Å²) in [5, 5.41) is 20.3. The van der Waals surface area contributed by atoms with Crippen molar-refractivity contribution >= 4 is 23.3 Å². The molecule has 0 fully saturated rings. The number of phenolic OH excluding ortho intramolecular Hbond substituents is 1. The number of H-pyrrole nitrogens is 1. The van der Waals surface area contributed by atoms with Gasteiger partial charge in [0.2, 0.25) is 0 Å². The summed E-state index contributed by atoms with van der Waals surface area (Å²) in [6, 6.07) is 3.85. The molecule has 9 heteroatoms. The zero-order valence-corrected chi connectivity index (χ0v) is 13.5. The average molecular weight is 345 g/mol. The number of nitrogens with one attached hydrogen (secondary N) is 1. The number of rotatable bonds is 5. The molecule has 2 aromatic rings. The molecule has 0 bridgehead atoms. The molecule has 0 radical (unpaired) electrons. The van der Waals surface area contributed by atoms with Crippen LogP contribution in [0.15, 0.2) is 29.2 Å². The van der Waals surface area contributed by atoms with Gasteiger partial charge in [0.05, 0.1) is 11.5 Å². The maximum absolute atomic E-state index is 11.9. The third kappa shape index (κ3) is 4.08. The van der Waals surface area contributed by atoms with E-state index >= 15 is 0 Å². The van der Waals surface area contributed by atoms with Crippen molar-refractivity contribution in [1.29, 1.82) is 0 Å². The number of ether oxygens (including phenoxy) is 1.